The molecule has 33 heavy (non-hydrogen) atoms. The normalized spacial score (nSPS) is 17.0. The van der Waals surface area contributed by atoms with Crippen molar-refractivity contribution in [2.45, 2.75) is 38.5 Å². The highest BCUT2D eigenvalue weighted by molar-refractivity contribution is 6.30. The molecule has 0 unspecified atom stereocenters. The highest BCUT2D eigenvalue weighted by atomic mass is 35.5. The highest BCUT2D eigenvalue weighted by Gasteiger charge is 2.19. The molecule has 2 fully saturated rings. The van der Waals surface area contributed by atoms with Gasteiger partial charge in [-0.05, 0) is 74.9 Å². The number of hydrogen-bond donors (Lipinski definition) is 1. The standard InChI is InChI=1S/C25H29ClN6O/c26-20-9-7-19(8-10-20)22-12-11-21(33-22)18-27-30-23-17-24(31-13-3-1-4-14-31)29-25(28-23)32-15-5-2-6-16-32/h7-12,17-18H,1-6,13-16H2,(H,28,29,30)/b27-18+. The van der Waals surface area contributed by atoms with Gasteiger partial charge < -0.3 is 14.2 Å². The van der Waals surface area contributed by atoms with Crippen molar-refractivity contribution in [3.8, 4) is 11.3 Å². The molecule has 7 nitrogen and oxygen atoms in total. The zero-order chi connectivity index (χ0) is 22.5. The Morgan fingerprint density at radius 2 is 1.55 bits per heavy atom. The molecule has 2 aliphatic rings. The van der Waals surface area contributed by atoms with Crippen molar-refractivity contribution in [1.82, 2.24) is 9.97 Å². The van der Waals surface area contributed by atoms with Gasteiger partial charge in [-0.15, -0.1) is 0 Å². The third-order valence-electron chi connectivity index (χ3n) is 6.15. The lowest BCUT2D eigenvalue weighted by molar-refractivity contribution is 0.561. The second-order valence-electron chi connectivity index (χ2n) is 8.59. The predicted octanol–water partition coefficient (Wildman–Crippen LogP) is 5.82. The third kappa shape index (κ3) is 5.47. The lowest BCUT2D eigenvalue weighted by atomic mass is 10.1. The number of piperidine rings is 2. The molecule has 0 amide bonds. The first-order valence-corrected chi connectivity index (χ1v) is 12.2. The summed E-state index contributed by atoms with van der Waals surface area (Å²) < 4.78 is 5.90. The summed E-state index contributed by atoms with van der Waals surface area (Å²) in [5.41, 5.74) is 4.07. The van der Waals surface area contributed by atoms with Crippen molar-refractivity contribution < 1.29 is 4.42 Å². The minimum Gasteiger partial charge on any atom is -0.455 e. The van der Waals surface area contributed by atoms with Crippen molar-refractivity contribution in [1.29, 1.82) is 0 Å². The molecular weight excluding hydrogens is 436 g/mol. The summed E-state index contributed by atoms with van der Waals surface area (Å²) in [6.07, 6.45) is 9.02. The first kappa shape index (κ1) is 21.8. The molecule has 5 rings (SSSR count). The van der Waals surface area contributed by atoms with Gasteiger partial charge in [-0.25, -0.2) is 0 Å². The molecule has 0 atom stereocenters. The fourth-order valence-electron chi connectivity index (χ4n) is 4.35. The van der Waals surface area contributed by atoms with E-state index in [1.54, 1.807) is 6.21 Å². The molecule has 0 bridgehead atoms. The summed E-state index contributed by atoms with van der Waals surface area (Å²) in [4.78, 5) is 14.3. The first-order chi connectivity index (χ1) is 16.2. The summed E-state index contributed by atoms with van der Waals surface area (Å²) >= 11 is 5.98. The molecule has 3 aromatic rings. The van der Waals surface area contributed by atoms with Gasteiger partial charge in [0.05, 0.1) is 6.21 Å². The molecule has 1 aromatic carbocycles. The van der Waals surface area contributed by atoms with Gasteiger partial charge in [0, 0.05) is 42.8 Å². The van der Waals surface area contributed by atoms with E-state index in [9.17, 15) is 0 Å². The Morgan fingerprint density at radius 3 is 2.27 bits per heavy atom. The number of hydrogen-bond acceptors (Lipinski definition) is 7. The predicted molar refractivity (Wildman–Crippen MR) is 135 cm³/mol. The molecule has 2 saturated heterocycles. The van der Waals surface area contributed by atoms with E-state index in [4.69, 9.17) is 26.0 Å². The topological polar surface area (TPSA) is 69.8 Å². The van der Waals surface area contributed by atoms with Crippen molar-refractivity contribution in [2.24, 2.45) is 5.10 Å². The molecule has 0 saturated carbocycles. The number of benzene rings is 1. The van der Waals surface area contributed by atoms with E-state index in [0.717, 1.165) is 49.3 Å². The third-order valence-corrected chi connectivity index (χ3v) is 6.40. The average molecular weight is 465 g/mol. The van der Waals surface area contributed by atoms with E-state index in [1.165, 1.54) is 38.5 Å². The number of hydrazone groups is 1. The number of nitrogens with one attached hydrogen (secondary N) is 1. The number of rotatable bonds is 6. The Hall–Kier alpha value is -3.06. The SMILES string of the molecule is Clc1ccc(-c2ccc(/C=N/Nc3cc(N4CCCCC4)nc(N4CCCCC4)n3)o2)cc1. The maximum Gasteiger partial charge on any atom is 0.229 e. The van der Waals surface area contributed by atoms with Crippen LogP contribution in [-0.4, -0.2) is 42.4 Å². The van der Waals surface area contributed by atoms with E-state index >= 15 is 0 Å². The zero-order valence-corrected chi connectivity index (χ0v) is 19.5. The van der Waals surface area contributed by atoms with Crippen LogP contribution in [0.4, 0.5) is 17.6 Å². The van der Waals surface area contributed by atoms with Gasteiger partial charge in [0.1, 0.15) is 17.3 Å². The van der Waals surface area contributed by atoms with Crippen LogP contribution in [-0.2, 0) is 0 Å². The van der Waals surface area contributed by atoms with Crippen LogP contribution in [0.5, 0.6) is 0 Å². The largest absolute Gasteiger partial charge is 0.455 e. The van der Waals surface area contributed by atoms with E-state index < -0.39 is 0 Å². The summed E-state index contributed by atoms with van der Waals surface area (Å²) in [6, 6.07) is 13.4. The molecule has 1 N–H and O–H groups in total. The quantitative estimate of drug-likeness (QED) is 0.366. The average Bonchev–Trinajstić information content (AvgIpc) is 3.34. The molecule has 2 aromatic heterocycles. The molecule has 0 radical (unpaired) electrons. The van der Waals surface area contributed by atoms with Gasteiger partial charge in [-0.1, -0.05) is 11.6 Å². The summed E-state index contributed by atoms with van der Waals surface area (Å²) in [5.74, 6) is 3.90. The Kier molecular flexibility index (Phi) is 6.76. The highest BCUT2D eigenvalue weighted by Crippen LogP contribution is 2.26. The van der Waals surface area contributed by atoms with Gasteiger partial charge in [0.25, 0.3) is 0 Å². The number of aromatic nitrogens is 2. The van der Waals surface area contributed by atoms with Crippen LogP contribution in [0.3, 0.4) is 0 Å². The van der Waals surface area contributed by atoms with Crippen molar-refractivity contribution in [3.63, 3.8) is 0 Å². The lowest BCUT2D eigenvalue weighted by Crippen LogP contribution is -2.33. The second-order valence-corrected chi connectivity index (χ2v) is 9.02. The second kappa shape index (κ2) is 10.3. The minimum absolute atomic E-state index is 0.661. The Balaban J connectivity index is 1.32. The van der Waals surface area contributed by atoms with E-state index in [2.05, 4.69) is 20.3 Å². The molecule has 8 heteroatoms. The van der Waals surface area contributed by atoms with Crippen LogP contribution in [0, 0.1) is 0 Å². The number of nitrogens with zero attached hydrogens (tertiary/aromatic N) is 5. The summed E-state index contributed by atoms with van der Waals surface area (Å²) in [5, 5.41) is 5.09. The molecule has 0 spiro atoms. The van der Waals surface area contributed by atoms with Gasteiger partial charge in [0.2, 0.25) is 5.95 Å². The van der Waals surface area contributed by atoms with E-state index in [-0.39, 0.29) is 0 Å². The minimum atomic E-state index is 0.661. The van der Waals surface area contributed by atoms with Crippen molar-refractivity contribution in [2.75, 3.05) is 41.4 Å². The van der Waals surface area contributed by atoms with Crippen molar-refractivity contribution in [3.05, 3.63) is 53.2 Å². The lowest BCUT2D eigenvalue weighted by Gasteiger charge is -2.31. The van der Waals surface area contributed by atoms with E-state index in [0.29, 0.717) is 16.6 Å². The molecule has 172 valence electrons. The first-order valence-electron chi connectivity index (χ1n) is 11.8. The molecule has 0 aliphatic carbocycles. The number of halogens is 1. The Morgan fingerprint density at radius 1 is 0.848 bits per heavy atom. The molecule has 4 heterocycles. The van der Waals surface area contributed by atoms with Crippen LogP contribution < -0.4 is 15.2 Å². The van der Waals surface area contributed by atoms with Crippen molar-refractivity contribution >= 4 is 35.4 Å². The van der Waals surface area contributed by atoms with Crippen LogP contribution in [0.2, 0.25) is 5.02 Å². The van der Waals surface area contributed by atoms with Gasteiger partial charge >= 0.3 is 0 Å². The van der Waals surface area contributed by atoms with Crippen LogP contribution in [0.1, 0.15) is 44.3 Å². The zero-order valence-electron chi connectivity index (χ0n) is 18.7. The summed E-state index contributed by atoms with van der Waals surface area (Å²) in [7, 11) is 0. The number of furan rings is 1. The fourth-order valence-corrected chi connectivity index (χ4v) is 4.48. The Labute approximate surface area is 199 Å². The summed E-state index contributed by atoms with van der Waals surface area (Å²) in [6.45, 7) is 4.09. The fraction of sp³-hybridized carbons (Fsp3) is 0.400. The van der Waals surface area contributed by atoms with Crippen LogP contribution >= 0.6 is 11.6 Å². The maximum atomic E-state index is 5.98. The Bertz CT molecular complexity index is 1050. The molecule has 2 aliphatic heterocycles. The van der Waals surface area contributed by atoms with E-state index in [1.807, 2.05) is 42.5 Å². The smallest absolute Gasteiger partial charge is 0.229 e. The monoisotopic (exact) mass is 464 g/mol. The van der Waals surface area contributed by atoms with Gasteiger partial charge in [-0.2, -0.15) is 15.1 Å². The van der Waals surface area contributed by atoms with Gasteiger partial charge in [0.15, 0.2) is 5.82 Å². The van der Waals surface area contributed by atoms with Gasteiger partial charge in [-0.3, -0.25) is 5.43 Å². The number of anilines is 3. The van der Waals surface area contributed by atoms with Crippen LogP contribution in [0.25, 0.3) is 11.3 Å². The van der Waals surface area contributed by atoms with Crippen LogP contribution in [0.15, 0.2) is 52.0 Å². The molecular formula is C25H29ClN6O. The maximum absolute atomic E-state index is 5.98.